The van der Waals surface area contributed by atoms with E-state index in [9.17, 15) is 9.59 Å². The Morgan fingerprint density at radius 2 is 2.18 bits per heavy atom. The molecule has 0 amide bonds. The van der Waals surface area contributed by atoms with Crippen LogP contribution in [0, 0.1) is 6.92 Å². The molecular formula is C15H11ClN2O3S. The van der Waals surface area contributed by atoms with Gasteiger partial charge in [0, 0.05) is 9.90 Å². The van der Waals surface area contributed by atoms with Gasteiger partial charge in [0.05, 0.1) is 10.9 Å². The molecule has 1 aromatic carbocycles. The van der Waals surface area contributed by atoms with E-state index in [1.54, 1.807) is 24.3 Å². The lowest BCUT2D eigenvalue weighted by atomic mass is 10.2. The average Bonchev–Trinajstić information content (AvgIpc) is 2.92. The Kier molecular flexibility index (Phi) is 3.96. The summed E-state index contributed by atoms with van der Waals surface area (Å²) in [5.74, 6) is -0.140. The van der Waals surface area contributed by atoms with E-state index in [2.05, 4.69) is 9.97 Å². The predicted octanol–water partition coefficient (Wildman–Crippen LogP) is 3.30. The number of halogens is 1. The SMILES string of the molecule is Cc1ccc(C(=O)OCc2nc3ccc(Cl)cc3c(=O)[nH]2)s1. The molecule has 0 fully saturated rings. The van der Waals surface area contributed by atoms with E-state index in [1.165, 1.54) is 11.3 Å². The first-order valence-corrected chi connectivity index (χ1v) is 7.64. The molecule has 0 radical (unpaired) electrons. The zero-order valence-electron chi connectivity index (χ0n) is 11.6. The highest BCUT2D eigenvalue weighted by Crippen LogP contribution is 2.17. The number of rotatable bonds is 3. The minimum atomic E-state index is -0.433. The van der Waals surface area contributed by atoms with Crippen molar-refractivity contribution in [2.45, 2.75) is 13.5 Å². The van der Waals surface area contributed by atoms with Crippen LogP contribution >= 0.6 is 22.9 Å². The second-order valence-electron chi connectivity index (χ2n) is 4.66. The minimum absolute atomic E-state index is 0.0937. The van der Waals surface area contributed by atoms with Crippen molar-refractivity contribution in [2.24, 2.45) is 0 Å². The molecule has 3 aromatic rings. The number of nitrogens with one attached hydrogen (secondary N) is 1. The second kappa shape index (κ2) is 5.90. The molecule has 0 atom stereocenters. The number of esters is 1. The lowest BCUT2D eigenvalue weighted by Crippen LogP contribution is -2.14. The maximum atomic E-state index is 12.0. The molecular weight excluding hydrogens is 324 g/mol. The highest BCUT2D eigenvalue weighted by molar-refractivity contribution is 7.13. The molecule has 112 valence electrons. The summed E-state index contributed by atoms with van der Waals surface area (Å²) >= 11 is 7.21. The molecule has 0 aliphatic heterocycles. The van der Waals surface area contributed by atoms with Crippen molar-refractivity contribution >= 4 is 39.8 Å². The number of fused-ring (bicyclic) bond motifs is 1. The zero-order chi connectivity index (χ0) is 15.7. The Morgan fingerprint density at radius 1 is 1.36 bits per heavy atom. The summed E-state index contributed by atoms with van der Waals surface area (Å²) in [4.78, 5) is 32.3. The number of nitrogens with zero attached hydrogens (tertiary/aromatic N) is 1. The van der Waals surface area contributed by atoms with Gasteiger partial charge < -0.3 is 9.72 Å². The number of hydrogen-bond donors (Lipinski definition) is 1. The molecule has 0 aliphatic rings. The van der Waals surface area contributed by atoms with Crippen LogP contribution in [0.5, 0.6) is 0 Å². The summed E-state index contributed by atoms with van der Waals surface area (Å²) in [6, 6.07) is 8.41. The fourth-order valence-corrected chi connectivity index (χ4v) is 2.91. The highest BCUT2D eigenvalue weighted by Gasteiger charge is 2.11. The predicted molar refractivity (Wildman–Crippen MR) is 85.5 cm³/mol. The van der Waals surface area contributed by atoms with Gasteiger partial charge in [-0.1, -0.05) is 11.6 Å². The summed E-state index contributed by atoms with van der Waals surface area (Å²) in [6.45, 7) is 1.82. The molecule has 7 heteroatoms. The largest absolute Gasteiger partial charge is 0.453 e. The van der Waals surface area contributed by atoms with E-state index in [0.717, 1.165) is 4.88 Å². The zero-order valence-corrected chi connectivity index (χ0v) is 13.1. The summed E-state index contributed by atoms with van der Waals surface area (Å²) in [7, 11) is 0. The van der Waals surface area contributed by atoms with E-state index in [4.69, 9.17) is 16.3 Å². The maximum Gasteiger partial charge on any atom is 0.348 e. The number of carbonyl (C=O) groups is 1. The number of hydrogen-bond acceptors (Lipinski definition) is 5. The van der Waals surface area contributed by atoms with Crippen molar-refractivity contribution in [2.75, 3.05) is 0 Å². The number of aromatic nitrogens is 2. The first kappa shape index (κ1) is 14.7. The fourth-order valence-electron chi connectivity index (χ4n) is 1.98. The third kappa shape index (κ3) is 3.03. The van der Waals surface area contributed by atoms with Crippen molar-refractivity contribution < 1.29 is 9.53 Å². The van der Waals surface area contributed by atoms with Crippen LogP contribution in [-0.2, 0) is 11.3 Å². The third-order valence-electron chi connectivity index (χ3n) is 3.00. The molecule has 2 aromatic heterocycles. The van der Waals surface area contributed by atoms with Gasteiger partial charge in [0.2, 0.25) is 0 Å². The van der Waals surface area contributed by atoms with Gasteiger partial charge in [0.1, 0.15) is 17.3 Å². The molecule has 1 N–H and O–H groups in total. The Bertz CT molecular complexity index is 917. The van der Waals surface area contributed by atoms with Crippen LogP contribution in [0.3, 0.4) is 0 Å². The summed E-state index contributed by atoms with van der Waals surface area (Å²) in [6.07, 6.45) is 0. The van der Waals surface area contributed by atoms with Crippen molar-refractivity contribution in [3.05, 3.63) is 61.3 Å². The average molecular weight is 335 g/mol. The standard InChI is InChI=1S/C15H11ClN2O3S/c1-8-2-5-12(22-8)15(20)21-7-13-17-11-4-3-9(16)6-10(11)14(19)18-13/h2-6H,7H2,1H3,(H,17,18,19). The second-order valence-corrected chi connectivity index (χ2v) is 6.38. The topological polar surface area (TPSA) is 72.0 Å². The van der Waals surface area contributed by atoms with Crippen molar-refractivity contribution in [3.8, 4) is 0 Å². The van der Waals surface area contributed by atoms with Gasteiger partial charge in [-0.3, -0.25) is 4.79 Å². The molecule has 0 aliphatic carbocycles. The number of carbonyl (C=O) groups excluding carboxylic acids is 1. The Balaban J connectivity index is 1.81. The van der Waals surface area contributed by atoms with Crippen LogP contribution < -0.4 is 5.56 Å². The molecule has 0 saturated carbocycles. The molecule has 2 heterocycles. The van der Waals surface area contributed by atoms with Gasteiger partial charge in [0.25, 0.3) is 5.56 Å². The normalized spacial score (nSPS) is 10.8. The smallest absolute Gasteiger partial charge is 0.348 e. The van der Waals surface area contributed by atoms with Crippen molar-refractivity contribution in [1.29, 1.82) is 0 Å². The summed E-state index contributed by atoms with van der Waals surface area (Å²) < 4.78 is 5.17. The van der Waals surface area contributed by atoms with Gasteiger partial charge in [-0.05, 0) is 37.3 Å². The Hall–Kier alpha value is -2.18. The summed E-state index contributed by atoms with van der Waals surface area (Å²) in [5.41, 5.74) is 0.191. The molecule has 0 spiro atoms. The first-order chi connectivity index (χ1) is 10.5. The van der Waals surface area contributed by atoms with Crippen LogP contribution in [0.4, 0.5) is 0 Å². The van der Waals surface area contributed by atoms with Gasteiger partial charge >= 0.3 is 5.97 Å². The van der Waals surface area contributed by atoms with Crippen LogP contribution in [-0.4, -0.2) is 15.9 Å². The van der Waals surface area contributed by atoms with Crippen LogP contribution in [0.2, 0.25) is 5.02 Å². The van der Waals surface area contributed by atoms with E-state index in [0.29, 0.717) is 26.6 Å². The molecule has 0 saturated heterocycles. The van der Waals surface area contributed by atoms with E-state index in [1.807, 2.05) is 13.0 Å². The monoisotopic (exact) mass is 334 g/mol. The first-order valence-electron chi connectivity index (χ1n) is 6.45. The fraction of sp³-hybridized carbons (Fsp3) is 0.133. The number of ether oxygens (including phenoxy) is 1. The number of benzene rings is 1. The third-order valence-corrected chi connectivity index (χ3v) is 4.21. The van der Waals surface area contributed by atoms with Gasteiger partial charge in [-0.2, -0.15) is 0 Å². The number of thiophene rings is 1. The van der Waals surface area contributed by atoms with E-state index < -0.39 is 5.97 Å². The van der Waals surface area contributed by atoms with Gasteiger partial charge in [-0.25, -0.2) is 9.78 Å². The molecule has 3 rings (SSSR count). The summed E-state index contributed by atoms with van der Waals surface area (Å²) in [5, 5.41) is 0.864. The number of aryl methyl sites for hydroxylation is 1. The highest BCUT2D eigenvalue weighted by atomic mass is 35.5. The van der Waals surface area contributed by atoms with Crippen LogP contribution in [0.1, 0.15) is 20.4 Å². The lowest BCUT2D eigenvalue weighted by Gasteiger charge is -2.04. The lowest BCUT2D eigenvalue weighted by molar-refractivity contribution is 0.0468. The van der Waals surface area contributed by atoms with Gasteiger partial charge in [-0.15, -0.1) is 11.3 Å². The Labute approximate surface area is 134 Å². The van der Waals surface area contributed by atoms with E-state index >= 15 is 0 Å². The number of H-pyrrole nitrogens is 1. The molecule has 22 heavy (non-hydrogen) atoms. The van der Waals surface area contributed by atoms with Gasteiger partial charge in [0.15, 0.2) is 0 Å². The molecule has 0 bridgehead atoms. The molecule has 5 nitrogen and oxygen atoms in total. The Morgan fingerprint density at radius 3 is 2.91 bits per heavy atom. The maximum absolute atomic E-state index is 12.0. The van der Waals surface area contributed by atoms with Crippen molar-refractivity contribution in [1.82, 2.24) is 9.97 Å². The number of aromatic amines is 1. The van der Waals surface area contributed by atoms with Crippen LogP contribution in [0.25, 0.3) is 10.9 Å². The van der Waals surface area contributed by atoms with Crippen LogP contribution in [0.15, 0.2) is 35.1 Å². The van der Waals surface area contributed by atoms with E-state index in [-0.39, 0.29) is 12.2 Å². The minimum Gasteiger partial charge on any atom is -0.453 e. The quantitative estimate of drug-likeness (QED) is 0.746. The van der Waals surface area contributed by atoms with Crippen molar-refractivity contribution in [3.63, 3.8) is 0 Å². The molecule has 0 unspecified atom stereocenters.